The van der Waals surface area contributed by atoms with E-state index in [-0.39, 0.29) is 50.3 Å². The molecule has 28 heavy (non-hydrogen) atoms. The first-order valence-corrected chi connectivity index (χ1v) is 8.91. The Kier molecular flexibility index (Phi) is 5.48. The Labute approximate surface area is 161 Å². The molecule has 4 N–H and O–H groups in total. The molecule has 3 rings (SSSR count). The molecule has 2 aliphatic heterocycles. The molecule has 10 heteroatoms. The molecule has 2 fully saturated rings. The fourth-order valence-electron chi connectivity index (χ4n) is 3.61. The second-order valence-corrected chi connectivity index (χ2v) is 7.09. The smallest absolute Gasteiger partial charge is 0.312 e. The first-order valence-electron chi connectivity index (χ1n) is 8.91. The molecule has 0 aromatic heterocycles. The molecule has 0 radical (unpaired) electrons. The first kappa shape index (κ1) is 19.6. The van der Waals surface area contributed by atoms with Crippen molar-refractivity contribution in [1.29, 1.82) is 0 Å². The number of likely N-dealkylation sites (tertiary alicyclic amines) is 1. The average Bonchev–Trinajstić information content (AvgIpc) is 2.63. The van der Waals surface area contributed by atoms with Crippen LogP contribution >= 0.6 is 0 Å². The minimum Gasteiger partial charge on any atom is -0.353 e. The fourth-order valence-corrected chi connectivity index (χ4v) is 3.61. The van der Waals surface area contributed by atoms with Crippen molar-refractivity contribution in [3.05, 3.63) is 35.6 Å². The predicted octanol–water partition coefficient (Wildman–Crippen LogP) is -1.18. The lowest BCUT2D eigenvalue weighted by Crippen LogP contribution is -2.68. The summed E-state index contributed by atoms with van der Waals surface area (Å²) in [4.78, 5) is 50.7. The van der Waals surface area contributed by atoms with E-state index in [1.54, 1.807) is 18.2 Å². The summed E-state index contributed by atoms with van der Waals surface area (Å²) in [5.41, 5.74) is 4.33. The molecule has 150 valence electrons. The molecule has 0 bridgehead atoms. The molecule has 0 spiro atoms. The number of nitrogens with zero attached hydrogens (tertiary/aromatic N) is 2. The molecule has 5 amide bonds. The predicted molar refractivity (Wildman–Crippen MR) is 96.3 cm³/mol. The van der Waals surface area contributed by atoms with Gasteiger partial charge in [-0.2, -0.15) is 0 Å². The van der Waals surface area contributed by atoms with Gasteiger partial charge in [-0.05, 0) is 18.1 Å². The van der Waals surface area contributed by atoms with Crippen LogP contribution in [0.5, 0.6) is 0 Å². The fraction of sp³-hybridized carbons (Fsp3) is 0.444. The second-order valence-electron chi connectivity index (χ2n) is 7.09. The van der Waals surface area contributed by atoms with Crippen molar-refractivity contribution in [2.45, 2.75) is 6.42 Å². The van der Waals surface area contributed by atoms with Crippen LogP contribution in [0.1, 0.15) is 5.56 Å². The Hall–Kier alpha value is -3.17. The van der Waals surface area contributed by atoms with E-state index >= 15 is 0 Å². The number of rotatable bonds is 5. The van der Waals surface area contributed by atoms with Crippen LogP contribution in [0.3, 0.4) is 0 Å². The lowest BCUT2D eigenvalue weighted by molar-refractivity contribution is -0.162. The molecule has 2 heterocycles. The number of urea groups is 1. The van der Waals surface area contributed by atoms with Gasteiger partial charge in [-0.3, -0.25) is 14.4 Å². The highest BCUT2D eigenvalue weighted by Gasteiger charge is 2.53. The van der Waals surface area contributed by atoms with Crippen LogP contribution < -0.4 is 16.4 Å². The van der Waals surface area contributed by atoms with Crippen molar-refractivity contribution in [3.63, 3.8) is 0 Å². The summed E-state index contributed by atoms with van der Waals surface area (Å²) in [6.45, 7) is 0.544. The number of benzene rings is 1. The monoisotopic (exact) mass is 391 g/mol. The maximum atomic E-state index is 14.2. The van der Waals surface area contributed by atoms with E-state index in [0.29, 0.717) is 18.7 Å². The van der Waals surface area contributed by atoms with Gasteiger partial charge in [0, 0.05) is 26.2 Å². The zero-order valence-electron chi connectivity index (χ0n) is 15.2. The van der Waals surface area contributed by atoms with Gasteiger partial charge in [-0.1, -0.05) is 18.2 Å². The summed E-state index contributed by atoms with van der Waals surface area (Å²) in [7, 11) is 0. The van der Waals surface area contributed by atoms with Gasteiger partial charge in [0.15, 0.2) is 0 Å². The molecule has 2 saturated heterocycles. The number of carbonyl (C=O) groups excluding carboxylic acids is 4. The molecule has 1 aromatic rings. The van der Waals surface area contributed by atoms with E-state index in [4.69, 9.17) is 5.73 Å². The van der Waals surface area contributed by atoms with Crippen LogP contribution in [0.15, 0.2) is 24.3 Å². The zero-order valence-corrected chi connectivity index (χ0v) is 15.2. The van der Waals surface area contributed by atoms with Gasteiger partial charge in [0.25, 0.3) is 0 Å². The van der Waals surface area contributed by atoms with Gasteiger partial charge in [0.2, 0.25) is 17.7 Å². The van der Waals surface area contributed by atoms with Gasteiger partial charge in [-0.15, -0.1) is 0 Å². The third-order valence-electron chi connectivity index (χ3n) is 5.02. The highest BCUT2D eigenvalue weighted by molar-refractivity contribution is 5.92. The number of piperazine rings is 1. The molecule has 0 aliphatic carbocycles. The minimum absolute atomic E-state index is 0.0605. The Balaban J connectivity index is 1.77. The Morgan fingerprint density at radius 2 is 1.93 bits per heavy atom. The summed E-state index contributed by atoms with van der Waals surface area (Å²) in [6.07, 6.45) is 0.115. The number of hydrogen-bond donors (Lipinski definition) is 3. The highest BCUT2D eigenvalue weighted by Crippen LogP contribution is 2.37. The van der Waals surface area contributed by atoms with Gasteiger partial charge in [0.1, 0.15) is 5.82 Å². The Morgan fingerprint density at radius 1 is 1.21 bits per heavy atom. The molecule has 9 nitrogen and oxygen atoms in total. The van der Waals surface area contributed by atoms with E-state index in [2.05, 4.69) is 10.6 Å². The standard InChI is InChI=1S/C18H22FN5O4/c19-13-4-2-1-3-12(13)7-18(16(27)23-6-5-21-14(25)9-23)10-24(11-18)15(26)8-22-17(20)28/h1-4H,5-11H2,(H,21,25)(H3,20,22,28). The van der Waals surface area contributed by atoms with Crippen LogP contribution in [-0.4, -0.2) is 72.8 Å². The lowest BCUT2D eigenvalue weighted by atomic mass is 9.73. The molecule has 1 aromatic carbocycles. The number of primary amides is 1. The summed E-state index contributed by atoms with van der Waals surface area (Å²) < 4.78 is 14.2. The summed E-state index contributed by atoms with van der Waals surface area (Å²) in [6, 6.07) is 5.35. The average molecular weight is 391 g/mol. The van der Waals surface area contributed by atoms with Crippen LogP contribution in [0.4, 0.5) is 9.18 Å². The SMILES string of the molecule is NC(=O)NCC(=O)N1CC(Cc2ccccc2F)(C(=O)N2CCNC(=O)C2)C1. The zero-order chi connectivity index (χ0) is 20.3. The minimum atomic E-state index is -1.01. The number of carbonyl (C=O) groups is 4. The Morgan fingerprint density at radius 3 is 2.57 bits per heavy atom. The highest BCUT2D eigenvalue weighted by atomic mass is 19.1. The lowest BCUT2D eigenvalue weighted by Gasteiger charge is -2.51. The number of nitrogens with two attached hydrogens (primary N) is 1. The molecule has 0 atom stereocenters. The maximum Gasteiger partial charge on any atom is 0.312 e. The first-order chi connectivity index (χ1) is 13.3. The molecule has 0 unspecified atom stereocenters. The van der Waals surface area contributed by atoms with E-state index in [1.807, 2.05) is 0 Å². The molecular formula is C18H22FN5O4. The number of halogens is 1. The third kappa shape index (κ3) is 4.05. The van der Waals surface area contributed by atoms with Crippen molar-refractivity contribution in [2.75, 3.05) is 39.3 Å². The van der Waals surface area contributed by atoms with Crippen molar-refractivity contribution < 1.29 is 23.6 Å². The van der Waals surface area contributed by atoms with Crippen molar-refractivity contribution >= 4 is 23.8 Å². The summed E-state index contributed by atoms with van der Waals surface area (Å²) in [5.74, 6) is -1.34. The number of nitrogens with one attached hydrogen (secondary N) is 2. The van der Waals surface area contributed by atoms with Gasteiger partial charge in [0.05, 0.1) is 18.5 Å². The van der Waals surface area contributed by atoms with Gasteiger partial charge in [-0.25, -0.2) is 9.18 Å². The number of hydrogen-bond acceptors (Lipinski definition) is 4. The van der Waals surface area contributed by atoms with Gasteiger partial charge < -0.3 is 26.2 Å². The Bertz CT molecular complexity index is 809. The largest absolute Gasteiger partial charge is 0.353 e. The molecule has 0 saturated carbocycles. The topological polar surface area (TPSA) is 125 Å². The van der Waals surface area contributed by atoms with Crippen LogP contribution in [0.2, 0.25) is 0 Å². The normalized spacial score (nSPS) is 18.1. The van der Waals surface area contributed by atoms with E-state index in [1.165, 1.54) is 15.9 Å². The van der Waals surface area contributed by atoms with E-state index in [0.717, 1.165) is 0 Å². The quantitative estimate of drug-likeness (QED) is 0.584. The molecule has 2 aliphatic rings. The number of amides is 5. The van der Waals surface area contributed by atoms with E-state index in [9.17, 15) is 23.6 Å². The molecular weight excluding hydrogens is 369 g/mol. The second kappa shape index (κ2) is 7.83. The van der Waals surface area contributed by atoms with E-state index < -0.39 is 17.3 Å². The van der Waals surface area contributed by atoms with Crippen LogP contribution in [0.25, 0.3) is 0 Å². The van der Waals surface area contributed by atoms with Gasteiger partial charge >= 0.3 is 6.03 Å². The van der Waals surface area contributed by atoms with Crippen molar-refractivity contribution in [3.8, 4) is 0 Å². The van der Waals surface area contributed by atoms with Crippen molar-refractivity contribution in [2.24, 2.45) is 11.1 Å². The summed E-state index contributed by atoms with van der Waals surface area (Å²) >= 11 is 0. The summed E-state index contributed by atoms with van der Waals surface area (Å²) in [5, 5.41) is 4.88. The van der Waals surface area contributed by atoms with Crippen LogP contribution in [0, 0.1) is 11.2 Å². The van der Waals surface area contributed by atoms with Crippen molar-refractivity contribution in [1.82, 2.24) is 20.4 Å². The third-order valence-corrected chi connectivity index (χ3v) is 5.02. The maximum absolute atomic E-state index is 14.2. The van der Waals surface area contributed by atoms with Crippen LogP contribution in [-0.2, 0) is 20.8 Å².